The molecule has 1 N–H and O–H groups in total. The van der Waals surface area contributed by atoms with Crippen LogP contribution in [0.3, 0.4) is 0 Å². The van der Waals surface area contributed by atoms with Gasteiger partial charge in [-0.25, -0.2) is 14.8 Å². The highest BCUT2D eigenvalue weighted by atomic mass is 16.4. The third-order valence-corrected chi connectivity index (χ3v) is 4.86. The molecule has 3 rings (SSSR count). The van der Waals surface area contributed by atoms with Crippen molar-refractivity contribution in [2.45, 2.75) is 45.6 Å². The van der Waals surface area contributed by atoms with Crippen LogP contribution in [0.25, 0.3) is 11.3 Å². The Hall–Kier alpha value is -2.27. The average Bonchev–Trinajstić information content (AvgIpc) is 2.61. The minimum absolute atomic E-state index is 0.277. The van der Waals surface area contributed by atoms with Gasteiger partial charge in [0, 0.05) is 29.8 Å². The predicted molar refractivity (Wildman–Crippen MR) is 97.8 cm³/mol. The Morgan fingerprint density at radius 2 is 2.08 bits per heavy atom. The van der Waals surface area contributed by atoms with Gasteiger partial charge in [0.05, 0.1) is 11.3 Å². The van der Waals surface area contributed by atoms with E-state index in [1.54, 1.807) is 18.2 Å². The largest absolute Gasteiger partial charge is 0.478 e. The first-order chi connectivity index (χ1) is 11.9. The van der Waals surface area contributed by atoms with E-state index in [-0.39, 0.29) is 5.56 Å². The summed E-state index contributed by atoms with van der Waals surface area (Å²) in [6, 6.07) is 9.51. The van der Waals surface area contributed by atoms with Gasteiger partial charge < -0.3 is 10.0 Å². The van der Waals surface area contributed by atoms with E-state index < -0.39 is 5.97 Å². The summed E-state index contributed by atoms with van der Waals surface area (Å²) in [5, 5.41) is 9.21. The number of carbonyl (C=O) groups is 1. The molecule has 0 aliphatic carbocycles. The minimum Gasteiger partial charge on any atom is -0.478 e. The summed E-state index contributed by atoms with van der Waals surface area (Å²) in [7, 11) is 0. The van der Waals surface area contributed by atoms with Gasteiger partial charge in [0.25, 0.3) is 0 Å². The Morgan fingerprint density at radius 1 is 1.28 bits per heavy atom. The van der Waals surface area contributed by atoms with Crippen LogP contribution < -0.4 is 0 Å². The number of likely N-dealkylation sites (tertiary alicyclic amines) is 1. The lowest BCUT2D eigenvalue weighted by atomic mass is 9.92. The second-order valence-electron chi connectivity index (χ2n) is 7.04. The molecule has 1 aromatic carbocycles. The third-order valence-electron chi connectivity index (χ3n) is 4.86. The minimum atomic E-state index is -0.923. The monoisotopic (exact) mass is 339 g/mol. The first-order valence-corrected chi connectivity index (χ1v) is 8.87. The zero-order valence-electron chi connectivity index (χ0n) is 15.1. The topological polar surface area (TPSA) is 66.3 Å². The highest BCUT2D eigenvalue weighted by Crippen LogP contribution is 2.29. The second-order valence-corrected chi connectivity index (χ2v) is 7.04. The normalized spacial score (nSPS) is 18.5. The number of aromatic carboxylic acids is 1. The molecule has 5 heteroatoms. The van der Waals surface area contributed by atoms with E-state index in [1.807, 2.05) is 19.1 Å². The van der Waals surface area contributed by atoms with Crippen LogP contribution in [0.2, 0.25) is 0 Å². The lowest BCUT2D eigenvalue weighted by Gasteiger charge is -2.35. The van der Waals surface area contributed by atoms with Crippen molar-refractivity contribution in [1.82, 2.24) is 14.9 Å². The van der Waals surface area contributed by atoms with Crippen LogP contribution >= 0.6 is 0 Å². The smallest absolute Gasteiger partial charge is 0.335 e. The van der Waals surface area contributed by atoms with Gasteiger partial charge >= 0.3 is 5.97 Å². The van der Waals surface area contributed by atoms with Gasteiger partial charge in [-0.15, -0.1) is 0 Å². The van der Waals surface area contributed by atoms with Gasteiger partial charge in [0.15, 0.2) is 0 Å². The van der Waals surface area contributed by atoms with Crippen LogP contribution in [0.4, 0.5) is 0 Å². The summed E-state index contributed by atoms with van der Waals surface area (Å²) in [5.41, 5.74) is 2.96. The molecule has 0 bridgehead atoms. The van der Waals surface area contributed by atoms with Crippen molar-refractivity contribution in [2.75, 3.05) is 13.1 Å². The van der Waals surface area contributed by atoms with Crippen LogP contribution in [0.1, 0.15) is 54.5 Å². The lowest BCUT2D eigenvalue weighted by molar-refractivity contribution is 0.0697. The van der Waals surface area contributed by atoms with Crippen molar-refractivity contribution in [3.05, 3.63) is 47.4 Å². The number of carboxylic acid groups (broad SMARTS) is 1. The Labute approximate surface area is 148 Å². The molecule has 0 amide bonds. The molecule has 1 aliphatic rings. The molecule has 132 valence electrons. The molecule has 1 aliphatic heterocycles. The first-order valence-electron chi connectivity index (χ1n) is 8.87. The van der Waals surface area contributed by atoms with E-state index in [9.17, 15) is 9.90 Å². The molecule has 1 saturated heterocycles. The van der Waals surface area contributed by atoms with Crippen LogP contribution in [-0.2, 0) is 0 Å². The van der Waals surface area contributed by atoms with Crippen LogP contribution in [0, 0.1) is 6.92 Å². The molecular formula is C20H25N3O2. The Balaban J connectivity index is 1.93. The number of benzene rings is 1. The van der Waals surface area contributed by atoms with E-state index in [2.05, 4.69) is 28.7 Å². The maximum absolute atomic E-state index is 11.2. The van der Waals surface area contributed by atoms with E-state index in [1.165, 1.54) is 6.42 Å². The number of aromatic nitrogens is 2. The number of hydrogen-bond donors (Lipinski definition) is 1. The third kappa shape index (κ3) is 4.04. The van der Waals surface area contributed by atoms with E-state index >= 15 is 0 Å². The van der Waals surface area contributed by atoms with E-state index in [0.29, 0.717) is 12.0 Å². The molecule has 2 aromatic rings. The number of rotatable bonds is 4. The van der Waals surface area contributed by atoms with Crippen LogP contribution in [0.5, 0.6) is 0 Å². The van der Waals surface area contributed by atoms with Crippen molar-refractivity contribution in [1.29, 1.82) is 0 Å². The first kappa shape index (κ1) is 17.5. The van der Waals surface area contributed by atoms with Gasteiger partial charge in [-0.2, -0.15) is 0 Å². The van der Waals surface area contributed by atoms with E-state index in [0.717, 1.165) is 42.3 Å². The quantitative estimate of drug-likeness (QED) is 0.919. The fraction of sp³-hybridized carbons (Fsp3) is 0.450. The van der Waals surface area contributed by atoms with Gasteiger partial charge in [-0.05, 0) is 58.4 Å². The van der Waals surface area contributed by atoms with Gasteiger partial charge in [0.1, 0.15) is 5.82 Å². The summed E-state index contributed by atoms with van der Waals surface area (Å²) < 4.78 is 0. The Kier molecular flexibility index (Phi) is 5.13. The fourth-order valence-corrected chi connectivity index (χ4v) is 3.48. The molecule has 0 radical (unpaired) electrons. The maximum Gasteiger partial charge on any atom is 0.335 e. The highest BCUT2D eigenvalue weighted by Gasteiger charge is 2.24. The van der Waals surface area contributed by atoms with Crippen molar-refractivity contribution in [2.24, 2.45) is 0 Å². The van der Waals surface area contributed by atoms with Crippen molar-refractivity contribution >= 4 is 5.97 Å². The zero-order valence-corrected chi connectivity index (χ0v) is 15.1. The number of aryl methyl sites for hydroxylation is 1. The molecule has 1 atom stereocenters. The van der Waals surface area contributed by atoms with Crippen molar-refractivity contribution in [3.8, 4) is 11.3 Å². The number of hydrogen-bond acceptors (Lipinski definition) is 4. The fourth-order valence-electron chi connectivity index (χ4n) is 3.48. The Bertz CT molecular complexity index is 773. The van der Waals surface area contributed by atoms with Crippen LogP contribution in [0.15, 0.2) is 30.3 Å². The zero-order chi connectivity index (χ0) is 18.0. The standard InChI is InChI=1S/C20H25N3O2/c1-13(2)23-9-5-8-17(12-23)19-11-18(21-14(3)22-19)15-6-4-7-16(10-15)20(24)25/h4,6-7,10-11,13,17H,5,8-9,12H2,1-3H3,(H,24,25)/t17-/m1/s1. The van der Waals surface area contributed by atoms with Crippen LogP contribution in [-0.4, -0.2) is 45.1 Å². The number of piperidine rings is 1. The SMILES string of the molecule is Cc1nc(-c2cccc(C(=O)O)c2)cc([C@@H]2CCCN(C(C)C)C2)n1. The second kappa shape index (κ2) is 7.31. The molecule has 5 nitrogen and oxygen atoms in total. The van der Waals surface area contributed by atoms with Gasteiger partial charge in [0.2, 0.25) is 0 Å². The van der Waals surface area contributed by atoms with Gasteiger partial charge in [-0.3, -0.25) is 0 Å². The molecule has 25 heavy (non-hydrogen) atoms. The molecule has 0 saturated carbocycles. The number of carboxylic acids is 1. The summed E-state index contributed by atoms with van der Waals surface area (Å²) in [5.74, 6) is 0.210. The molecule has 1 aromatic heterocycles. The molecular weight excluding hydrogens is 314 g/mol. The lowest BCUT2D eigenvalue weighted by Crippen LogP contribution is -2.39. The maximum atomic E-state index is 11.2. The summed E-state index contributed by atoms with van der Waals surface area (Å²) in [4.78, 5) is 22.9. The summed E-state index contributed by atoms with van der Waals surface area (Å²) in [6.07, 6.45) is 2.31. The van der Waals surface area contributed by atoms with E-state index in [4.69, 9.17) is 0 Å². The summed E-state index contributed by atoms with van der Waals surface area (Å²) >= 11 is 0. The molecule has 2 heterocycles. The highest BCUT2D eigenvalue weighted by molar-refractivity contribution is 5.89. The van der Waals surface area contributed by atoms with Gasteiger partial charge in [-0.1, -0.05) is 12.1 Å². The molecule has 1 fully saturated rings. The number of nitrogens with zero attached hydrogens (tertiary/aromatic N) is 3. The predicted octanol–water partition coefficient (Wildman–Crippen LogP) is 3.74. The summed E-state index contributed by atoms with van der Waals surface area (Å²) in [6.45, 7) is 8.53. The van der Waals surface area contributed by atoms with Crippen molar-refractivity contribution in [3.63, 3.8) is 0 Å². The molecule has 0 spiro atoms. The molecule has 0 unspecified atom stereocenters. The van der Waals surface area contributed by atoms with Crippen molar-refractivity contribution < 1.29 is 9.90 Å². The average molecular weight is 339 g/mol. The Morgan fingerprint density at radius 3 is 2.80 bits per heavy atom.